The first kappa shape index (κ1) is 14.3. The molecule has 1 saturated heterocycles. The molecule has 0 bridgehead atoms. The number of carbonyl (C=O) groups is 1. The second-order valence-corrected chi connectivity index (χ2v) is 4.82. The Morgan fingerprint density at radius 1 is 1.60 bits per heavy atom. The number of carboxylic acid groups (broad SMARTS) is 1. The lowest BCUT2D eigenvalue weighted by atomic mass is 10.1. The van der Waals surface area contributed by atoms with Crippen molar-refractivity contribution in [3.05, 3.63) is 33.9 Å². The number of nitrogens with zero attached hydrogens (tertiary/aromatic N) is 2. The zero-order valence-corrected chi connectivity index (χ0v) is 11.1. The lowest BCUT2D eigenvalue weighted by Crippen LogP contribution is -2.23. The van der Waals surface area contributed by atoms with Gasteiger partial charge >= 0.3 is 5.97 Å². The fourth-order valence-corrected chi connectivity index (χ4v) is 2.51. The van der Waals surface area contributed by atoms with Crippen LogP contribution in [0.25, 0.3) is 0 Å². The highest BCUT2D eigenvalue weighted by Crippen LogP contribution is 2.30. The fourth-order valence-electron chi connectivity index (χ4n) is 2.51. The minimum absolute atomic E-state index is 0.0303. The summed E-state index contributed by atoms with van der Waals surface area (Å²) in [6.45, 7) is 2.06. The summed E-state index contributed by atoms with van der Waals surface area (Å²) in [7, 11) is 1.64. The number of nitro benzene ring substituents is 1. The molecule has 1 fully saturated rings. The lowest BCUT2D eigenvalue weighted by Gasteiger charge is -2.20. The van der Waals surface area contributed by atoms with Gasteiger partial charge in [-0.1, -0.05) is 0 Å². The summed E-state index contributed by atoms with van der Waals surface area (Å²) in [6, 6.07) is 3.96. The third-order valence-electron chi connectivity index (χ3n) is 3.45. The lowest BCUT2D eigenvalue weighted by molar-refractivity contribution is -0.384. The van der Waals surface area contributed by atoms with Gasteiger partial charge in [0.05, 0.1) is 22.8 Å². The molecule has 7 heteroatoms. The molecule has 0 radical (unpaired) electrons. The molecule has 108 valence electrons. The standard InChI is InChI=1S/C13H16N2O5/c1-20-8-9-4-5-14(7-9)12-3-2-10(15(18)19)6-11(12)13(16)17/h2-3,6,9H,4-5,7-8H2,1H3,(H,16,17). The first-order valence-electron chi connectivity index (χ1n) is 6.28. The van der Waals surface area contributed by atoms with Gasteiger partial charge in [-0.05, 0) is 12.5 Å². The first-order chi connectivity index (χ1) is 9.52. The van der Waals surface area contributed by atoms with Crippen molar-refractivity contribution < 1.29 is 19.6 Å². The Kier molecular flexibility index (Phi) is 4.19. The Bertz CT molecular complexity index is 531. The van der Waals surface area contributed by atoms with E-state index in [1.54, 1.807) is 7.11 Å². The summed E-state index contributed by atoms with van der Waals surface area (Å²) < 4.78 is 5.11. The quantitative estimate of drug-likeness (QED) is 0.652. The molecular formula is C13H16N2O5. The normalized spacial score (nSPS) is 18.2. The van der Waals surface area contributed by atoms with Crippen LogP contribution in [0.2, 0.25) is 0 Å². The number of methoxy groups -OCH3 is 1. The third kappa shape index (κ3) is 2.88. The zero-order chi connectivity index (χ0) is 14.7. The molecule has 1 aliphatic heterocycles. The molecular weight excluding hydrogens is 264 g/mol. The van der Waals surface area contributed by atoms with Gasteiger partial charge in [0, 0.05) is 38.2 Å². The summed E-state index contributed by atoms with van der Waals surface area (Å²) in [4.78, 5) is 23.4. The molecule has 7 nitrogen and oxygen atoms in total. The second-order valence-electron chi connectivity index (χ2n) is 4.82. The summed E-state index contributed by atoms with van der Waals surface area (Å²) in [5.41, 5.74) is 0.290. The van der Waals surface area contributed by atoms with Gasteiger partial charge in [-0.15, -0.1) is 0 Å². The van der Waals surface area contributed by atoms with Gasteiger partial charge in [0.2, 0.25) is 0 Å². The highest BCUT2D eigenvalue weighted by molar-refractivity contribution is 5.95. The molecule has 1 unspecified atom stereocenters. The van der Waals surface area contributed by atoms with E-state index < -0.39 is 10.9 Å². The van der Waals surface area contributed by atoms with Crippen LogP contribution in [0.3, 0.4) is 0 Å². The van der Waals surface area contributed by atoms with Gasteiger partial charge in [0.1, 0.15) is 0 Å². The molecule has 1 aromatic rings. The number of anilines is 1. The van der Waals surface area contributed by atoms with E-state index in [1.807, 2.05) is 4.90 Å². The number of nitro groups is 1. The molecule has 1 atom stereocenters. The van der Waals surface area contributed by atoms with Gasteiger partial charge in [0.15, 0.2) is 0 Å². The van der Waals surface area contributed by atoms with E-state index in [2.05, 4.69) is 0 Å². The number of benzene rings is 1. The van der Waals surface area contributed by atoms with Crippen molar-refractivity contribution in [1.82, 2.24) is 0 Å². The van der Waals surface area contributed by atoms with E-state index in [0.29, 0.717) is 24.8 Å². The van der Waals surface area contributed by atoms with Crippen molar-refractivity contribution in [3.8, 4) is 0 Å². The average molecular weight is 280 g/mol. The number of carboxylic acids is 1. The van der Waals surface area contributed by atoms with Crippen molar-refractivity contribution in [2.24, 2.45) is 5.92 Å². The smallest absolute Gasteiger partial charge is 0.338 e. The predicted molar refractivity (Wildman–Crippen MR) is 72.3 cm³/mol. The Morgan fingerprint density at radius 2 is 2.35 bits per heavy atom. The van der Waals surface area contributed by atoms with Crippen LogP contribution in [-0.2, 0) is 4.74 Å². The number of hydrogen-bond acceptors (Lipinski definition) is 5. The van der Waals surface area contributed by atoms with Gasteiger partial charge in [-0.2, -0.15) is 0 Å². The second kappa shape index (κ2) is 5.87. The van der Waals surface area contributed by atoms with Crippen LogP contribution in [0.5, 0.6) is 0 Å². The monoisotopic (exact) mass is 280 g/mol. The molecule has 1 aromatic carbocycles. The summed E-state index contributed by atoms with van der Waals surface area (Å²) in [5, 5.41) is 20.0. The van der Waals surface area contributed by atoms with Crippen molar-refractivity contribution in [1.29, 1.82) is 0 Å². The topological polar surface area (TPSA) is 92.9 Å². The van der Waals surface area contributed by atoms with Crippen molar-refractivity contribution >= 4 is 17.3 Å². The van der Waals surface area contributed by atoms with Crippen LogP contribution < -0.4 is 4.90 Å². The van der Waals surface area contributed by atoms with Crippen LogP contribution in [0.15, 0.2) is 18.2 Å². The van der Waals surface area contributed by atoms with E-state index in [9.17, 15) is 20.0 Å². The number of rotatable bonds is 5. The molecule has 1 heterocycles. The van der Waals surface area contributed by atoms with Crippen molar-refractivity contribution in [2.75, 3.05) is 31.7 Å². The van der Waals surface area contributed by atoms with Gasteiger partial charge in [-0.3, -0.25) is 10.1 Å². The van der Waals surface area contributed by atoms with E-state index in [-0.39, 0.29) is 11.3 Å². The minimum atomic E-state index is -1.15. The SMILES string of the molecule is COCC1CCN(c2ccc([N+](=O)[O-])cc2C(=O)O)C1. The summed E-state index contributed by atoms with van der Waals surface area (Å²) in [5.74, 6) is -0.796. The average Bonchev–Trinajstić information content (AvgIpc) is 2.86. The zero-order valence-electron chi connectivity index (χ0n) is 11.1. The van der Waals surface area contributed by atoms with Crippen molar-refractivity contribution in [3.63, 3.8) is 0 Å². The Balaban J connectivity index is 2.28. The Hall–Kier alpha value is -2.15. The molecule has 0 aliphatic carbocycles. The first-order valence-corrected chi connectivity index (χ1v) is 6.28. The van der Waals surface area contributed by atoms with Crippen LogP contribution in [-0.4, -0.2) is 42.8 Å². The molecule has 2 rings (SSSR count). The fraction of sp³-hybridized carbons (Fsp3) is 0.462. The number of hydrogen-bond donors (Lipinski definition) is 1. The largest absolute Gasteiger partial charge is 0.478 e. The maximum Gasteiger partial charge on any atom is 0.338 e. The van der Waals surface area contributed by atoms with Crippen molar-refractivity contribution in [2.45, 2.75) is 6.42 Å². The van der Waals surface area contributed by atoms with E-state index in [0.717, 1.165) is 19.0 Å². The van der Waals surface area contributed by atoms with Crippen LogP contribution in [0, 0.1) is 16.0 Å². The molecule has 0 aromatic heterocycles. The van der Waals surface area contributed by atoms with E-state index in [1.165, 1.54) is 12.1 Å². The highest BCUT2D eigenvalue weighted by Gasteiger charge is 2.26. The maximum atomic E-state index is 11.3. The Labute approximate surface area is 115 Å². The van der Waals surface area contributed by atoms with E-state index >= 15 is 0 Å². The van der Waals surface area contributed by atoms with Crippen LogP contribution in [0.1, 0.15) is 16.8 Å². The molecule has 1 aliphatic rings. The van der Waals surface area contributed by atoms with Gasteiger partial charge < -0.3 is 14.7 Å². The Morgan fingerprint density at radius 3 is 2.95 bits per heavy atom. The maximum absolute atomic E-state index is 11.3. The van der Waals surface area contributed by atoms with E-state index in [4.69, 9.17) is 4.74 Å². The molecule has 0 amide bonds. The highest BCUT2D eigenvalue weighted by atomic mass is 16.6. The molecule has 0 spiro atoms. The van der Waals surface area contributed by atoms with Crippen LogP contribution >= 0.6 is 0 Å². The third-order valence-corrected chi connectivity index (χ3v) is 3.45. The summed E-state index contributed by atoms with van der Waals surface area (Å²) >= 11 is 0. The molecule has 0 saturated carbocycles. The summed E-state index contributed by atoms with van der Waals surface area (Å²) in [6.07, 6.45) is 0.921. The number of ether oxygens (including phenoxy) is 1. The van der Waals surface area contributed by atoms with Crippen LogP contribution in [0.4, 0.5) is 11.4 Å². The van der Waals surface area contributed by atoms with Gasteiger partial charge in [-0.25, -0.2) is 4.79 Å². The van der Waals surface area contributed by atoms with Gasteiger partial charge in [0.25, 0.3) is 5.69 Å². The predicted octanol–water partition coefficient (Wildman–Crippen LogP) is 1.77. The number of non-ortho nitro benzene ring substituents is 1. The minimum Gasteiger partial charge on any atom is -0.478 e. The molecule has 20 heavy (non-hydrogen) atoms. The molecule has 1 N–H and O–H groups in total. The number of aromatic carboxylic acids is 1.